The fourth-order valence-corrected chi connectivity index (χ4v) is 4.93. The van der Waals surface area contributed by atoms with Gasteiger partial charge in [-0.05, 0) is 44.9 Å². The van der Waals surface area contributed by atoms with E-state index in [1.807, 2.05) is 35.8 Å². The first kappa shape index (κ1) is 19.1. The Kier molecular flexibility index (Phi) is 6.45. The molecule has 2 amide bonds. The van der Waals surface area contributed by atoms with Gasteiger partial charge in [0.05, 0.1) is 7.11 Å². The Morgan fingerprint density at radius 3 is 2.65 bits per heavy atom. The molecule has 8 heteroatoms. The van der Waals surface area contributed by atoms with Crippen molar-refractivity contribution in [2.24, 2.45) is 7.05 Å². The van der Waals surface area contributed by atoms with Crippen molar-refractivity contribution in [1.82, 2.24) is 19.8 Å². The average molecular weight is 381 g/mol. The largest absolute Gasteiger partial charge is 0.453 e. The zero-order valence-electron chi connectivity index (χ0n) is 15.5. The van der Waals surface area contributed by atoms with Gasteiger partial charge in [-0.2, -0.15) is 0 Å². The Morgan fingerprint density at radius 1 is 1.23 bits per heavy atom. The number of thioether (sulfide) groups is 1. The molecule has 2 heterocycles. The standard InChI is InChI=1S/C18H28N4O3S/c1-21-12-10-19-17(21)26-14-8-6-13(7-9-14)20-16(23)15-5-3-4-11-22(15)18(24)25-2/h10,12-15H,3-9,11H2,1-2H3,(H,20,23). The quantitative estimate of drug-likeness (QED) is 0.869. The second-order valence-electron chi connectivity index (χ2n) is 7.10. The van der Waals surface area contributed by atoms with Crippen molar-refractivity contribution in [3.05, 3.63) is 12.4 Å². The van der Waals surface area contributed by atoms with Crippen LogP contribution in [0, 0.1) is 0 Å². The summed E-state index contributed by atoms with van der Waals surface area (Å²) >= 11 is 1.82. The van der Waals surface area contributed by atoms with Crippen molar-refractivity contribution in [2.75, 3.05) is 13.7 Å². The van der Waals surface area contributed by atoms with Gasteiger partial charge in [0.1, 0.15) is 6.04 Å². The molecule has 0 aromatic carbocycles. The number of likely N-dealkylation sites (tertiary alicyclic amines) is 1. The first-order valence-corrected chi connectivity index (χ1v) is 10.3. The van der Waals surface area contributed by atoms with Crippen molar-refractivity contribution in [2.45, 2.75) is 67.4 Å². The molecule has 0 radical (unpaired) electrons. The molecule has 1 atom stereocenters. The van der Waals surface area contributed by atoms with E-state index in [2.05, 4.69) is 10.3 Å². The maximum atomic E-state index is 12.7. The fraction of sp³-hybridized carbons (Fsp3) is 0.722. The van der Waals surface area contributed by atoms with Crippen molar-refractivity contribution in [3.8, 4) is 0 Å². The maximum Gasteiger partial charge on any atom is 0.410 e. The molecule has 1 N–H and O–H groups in total. The molecule has 1 unspecified atom stereocenters. The summed E-state index contributed by atoms with van der Waals surface area (Å²) in [5.74, 6) is -0.0321. The Morgan fingerprint density at radius 2 is 2.00 bits per heavy atom. The molecular formula is C18H28N4O3S. The van der Waals surface area contributed by atoms with Crippen LogP contribution < -0.4 is 5.32 Å². The molecule has 1 aromatic heterocycles. The Balaban J connectivity index is 1.48. The third-order valence-electron chi connectivity index (χ3n) is 5.28. The third-order valence-corrected chi connectivity index (χ3v) is 6.69. The minimum atomic E-state index is -0.403. The summed E-state index contributed by atoms with van der Waals surface area (Å²) in [4.78, 5) is 30.6. The lowest BCUT2D eigenvalue weighted by Crippen LogP contribution is -2.54. The average Bonchev–Trinajstić information content (AvgIpc) is 3.07. The maximum absolute atomic E-state index is 12.7. The molecule has 0 spiro atoms. The first-order chi connectivity index (χ1) is 12.6. The fourth-order valence-electron chi connectivity index (χ4n) is 3.78. The van der Waals surface area contributed by atoms with E-state index in [1.54, 1.807) is 4.90 Å². The van der Waals surface area contributed by atoms with E-state index in [0.29, 0.717) is 18.2 Å². The van der Waals surface area contributed by atoms with Gasteiger partial charge in [-0.25, -0.2) is 9.78 Å². The molecule has 1 aliphatic carbocycles. The molecule has 1 aliphatic heterocycles. The minimum absolute atomic E-state index is 0.0321. The molecule has 26 heavy (non-hydrogen) atoms. The summed E-state index contributed by atoms with van der Waals surface area (Å²) in [5.41, 5.74) is 0. The molecule has 1 aromatic rings. The summed E-state index contributed by atoms with van der Waals surface area (Å²) < 4.78 is 6.87. The lowest BCUT2D eigenvalue weighted by atomic mass is 9.94. The highest BCUT2D eigenvalue weighted by Gasteiger charge is 2.34. The number of carbonyl (C=O) groups is 2. The number of ether oxygens (including phenoxy) is 1. The van der Waals surface area contributed by atoms with Crippen LogP contribution in [0.5, 0.6) is 0 Å². The topological polar surface area (TPSA) is 76.5 Å². The van der Waals surface area contributed by atoms with Crippen molar-refractivity contribution in [1.29, 1.82) is 0 Å². The zero-order valence-corrected chi connectivity index (χ0v) is 16.3. The summed E-state index contributed by atoms with van der Waals surface area (Å²) in [5, 5.41) is 4.77. The van der Waals surface area contributed by atoms with Crippen LogP contribution in [0.2, 0.25) is 0 Å². The van der Waals surface area contributed by atoms with E-state index < -0.39 is 12.1 Å². The molecule has 2 aliphatic rings. The monoisotopic (exact) mass is 380 g/mol. The third kappa shape index (κ3) is 4.52. The van der Waals surface area contributed by atoms with Crippen LogP contribution in [0.25, 0.3) is 0 Å². The zero-order chi connectivity index (χ0) is 18.5. The molecule has 1 saturated heterocycles. The number of aryl methyl sites for hydroxylation is 1. The van der Waals surface area contributed by atoms with Gasteiger partial charge in [0, 0.05) is 37.3 Å². The highest BCUT2D eigenvalue weighted by atomic mass is 32.2. The number of methoxy groups -OCH3 is 1. The van der Waals surface area contributed by atoms with Crippen LogP contribution in [0.4, 0.5) is 4.79 Å². The number of hydrogen-bond donors (Lipinski definition) is 1. The number of nitrogens with one attached hydrogen (secondary N) is 1. The molecule has 144 valence electrons. The van der Waals surface area contributed by atoms with Gasteiger partial charge in [-0.15, -0.1) is 0 Å². The van der Waals surface area contributed by atoms with Crippen LogP contribution in [0.3, 0.4) is 0 Å². The van der Waals surface area contributed by atoms with E-state index in [9.17, 15) is 9.59 Å². The second kappa shape index (κ2) is 8.79. The number of hydrogen-bond acceptors (Lipinski definition) is 5. The first-order valence-electron chi connectivity index (χ1n) is 9.37. The summed E-state index contributed by atoms with van der Waals surface area (Å²) in [6, 6.07) is -0.196. The highest BCUT2D eigenvalue weighted by molar-refractivity contribution is 7.99. The Bertz CT molecular complexity index is 628. The SMILES string of the molecule is COC(=O)N1CCCCC1C(=O)NC1CCC(Sc2nccn2C)CC1. The normalized spacial score (nSPS) is 26.4. The molecular weight excluding hydrogens is 352 g/mol. The van der Waals surface area contributed by atoms with Gasteiger partial charge in [-0.1, -0.05) is 11.8 Å². The predicted molar refractivity (Wildman–Crippen MR) is 100 cm³/mol. The number of nitrogens with zero attached hydrogens (tertiary/aromatic N) is 3. The summed E-state index contributed by atoms with van der Waals surface area (Å²) in [7, 11) is 3.38. The van der Waals surface area contributed by atoms with Crippen LogP contribution in [-0.4, -0.2) is 57.4 Å². The van der Waals surface area contributed by atoms with Crippen molar-refractivity contribution >= 4 is 23.8 Å². The van der Waals surface area contributed by atoms with Gasteiger partial charge < -0.3 is 14.6 Å². The summed E-state index contributed by atoms with van der Waals surface area (Å²) in [6.45, 7) is 0.595. The number of amides is 2. The van der Waals surface area contributed by atoms with Crippen LogP contribution in [0.15, 0.2) is 17.6 Å². The number of piperidine rings is 1. The van der Waals surface area contributed by atoms with Gasteiger partial charge >= 0.3 is 6.09 Å². The lowest BCUT2D eigenvalue weighted by Gasteiger charge is -2.35. The minimum Gasteiger partial charge on any atom is -0.453 e. The van der Waals surface area contributed by atoms with Crippen molar-refractivity contribution < 1.29 is 14.3 Å². The van der Waals surface area contributed by atoms with E-state index >= 15 is 0 Å². The Hall–Kier alpha value is -1.70. The van der Waals surface area contributed by atoms with Gasteiger partial charge in [0.15, 0.2) is 5.16 Å². The molecule has 3 rings (SSSR count). The molecule has 7 nitrogen and oxygen atoms in total. The lowest BCUT2D eigenvalue weighted by molar-refractivity contribution is -0.127. The number of rotatable bonds is 4. The van der Waals surface area contributed by atoms with E-state index in [0.717, 1.165) is 43.7 Å². The van der Waals surface area contributed by atoms with Crippen LogP contribution in [-0.2, 0) is 16.6 Å². The Labute approximate surface area is 158 Å². The van der Waals surface area contributed by atoms with E-state index in [4.69, 9.17) is 4.74 Å². The van der Waals surface area contributed by atoms with E-state index in [-0.39, 0.29) is 11.9 Å². The molecule has 1 saturated carbocycles. The van der Waals surface area contributed by atoms with Crippen LogP contribution >= 0.6 is 11.8 Å². The second-order valence-corrected chi connectivity index (χ2v) is 8.36. The molecule has 0 bridgehead atoms. The van der Waals surface area contributed by atoms with Gasteiger partial charge in [-0.3, -0.25) is 9.69 Å². The molecule has 2 fully saturated rings. The highest BCUT2D eigenvalue weighted by Crippen LogP contribution is 2.32. The van der Waals surface area contributed by atoms with Gasteiger partial charge in [0.2, 0.25) is 5.91 Å². The van der Waals surface area contributed by atoms with Gasteiger partial charge in [0.25, 0.3) is 0 Å². The van der Waals surface area contributed by atoms with Crippen LogP contribution in [0.1, 0.15) is 44.9 Å². The summed E-state index contributed by atoms with van der Waals surface area (Å²) in [6.07, 6.45) is 10.1. The smallest absolute Gasteiger partial charge is 0.410 e. The number of imidazole rings is 1. The van der Waals surface area contributed by atoms with E-state index in [1.165, 1.54) is 7.11 Å². The number of aromatic nitrogens is 2. The number of carbonyl (C=O) groups excluding carboxylic acids is 2. The van der Waals surface area contributed by atoms with Crippen molar-refractivity contribution in [3.63, 3.8) is 0 Å². The predicted octanol–water partition coefficient (Wildman–Crippen LogP) is 2.56.